The molecule has 3 aromatic rings. The first-order valence-corrected chi connectivity index (χ1v) is 11.7. The van der Waals surface area contributed by atoms with E-state index in [1.54, 1.807) is 6.33 Å². The topological polar surface area (TPSA) is 100 Å². The highest BCUT2D eigenvalue weighted by atomic mass is 32.2. The van der Waals surface area contributed by atoms with Gasteiger partial charge in [0.1, 0.15) is 17.8 Å². The van der Waals surface area contributed by atoms with Gasteiger partial charge in [-0.1, -0.05) is 24.3 Å². The lowest BCUT2D eigenvalue weighted by molar-refractivity contribution is 0.320. The zero-order valence-electron chi connectivity index (χ0n) is 16.8. The van der Waals surface area contributed by atoms with Crippen molar-refractivity contribution in [3.63, 3.8) is 0 Å². The Hall–Kier alpha value is -2.49. The Bertz CT molecular complexity index is 1190. The molecule has 0 bridgehead atoms. The number of hydrogen-bond acceptors (Lipinski definition) is 5. The lowest BCUT2D eigenvalue weighted by Gasteiger charge is -2.21. The third-order valence-electron chi connectivity index (χ3n) is 6.60. The first-order chi connectivity index (χ1) is 14.4. The molecule has 2 N–H and O–H groups in total. The standard InChI is InChI=1S/C21H25N5O3S/c1-25(30(27,28)29)15-7-8-16(12-15)26-11-10-18-20(22-13-23-21(18)26)24-19-9-6-14-4-2-3-5-17(14)19/h2-5,10-11,13,15-16,19H,6-9,12H2,1H3,(H,22,23,24)(H,27,28,29)/t15-,16-,19-/m0/s1. The van der Waals surface area contributed by atoms with Crippen LogP contribution in [0.25, 0.3) is 11.0 Å². The van der Waals surface area contributed by atoms with E-state index in [-0.39, 0.29) is 18.1 Å². The van der Waals surface area contributed by atoms with Crippen molar-refractivity contribution in [2.45, 2.75) is 50.2 Å². The van der Waals surface area contributed by atoms with E-state index in [1.165, 1.54) is 18.2 Å². The highest BCUT2D eigenvalue weighted by Crippen LogP contribution is 2.38. The molecule has 0 radical (unpaired) electrons. The van der Waals surface area contributed by atoms with Gasteiger partial charge in [0.2, 0.25) is 0 Å². The quantitative estimate of drug-likeness (QED) is 0.606. The summed E-state index contributed by atoms with van der Waals surface area (Å²) in [6.45, 7) is 0. The summed E-state index contributed by atoms with van der Waals surface area (Å²) in [4.78, 5) is 9.02. The zero-order valence-corrected chi connectivity index (χ0v) is 17.6. The second-order valence-corrected chi connectivity index (χ2v) is 9.70. The summed E-state index contributed by atoms with van der Waals surface area (Å²) in [5, 5.41) is 4.57. The number of hydrogen-bond donors (Lipinski definition) is 2. The molecule has 9 heteroatoms. The molecule has 0 spiro atoms. The summed E-state index contributed by atoms with van der Waals surface area (Å²) in [7, 11) is -2.75. The van der Waals surface area contributed by atoms with Crippen molar-refractivity contribution in [1.29, 1.82) is 0 Å². The van der Waals surface area contributed by atoms with Gasteiger partial charge in [0, 0.05) is 25.3 Å². The molecule has 158 valence electrons. The number of aryl methyl sites for hydroxylation is 1. The monoisotopic (exact) mass is 427 g/mol. The van der Waals surface area contributed by atoms with Crippen LogP contribution in [0.15, 0.2) is 42.9 Å². The number of benzene rings is 1. The Balaban J connectivity index is 1.40. The summed E-state index contributed by atoms with van der Waals surface area (Å²) in [6, 6.07) is 10.7. The van der Waals surface area contributed by atoms with Crippen LogP contribution in [-0.2, 0) is 16.7 Å². The van der Waals surface area contributed by atoms with E-state index in [9.17, 15) is 13.0 Å². The molecule has 2 aromatic heterocycles. The Kier molecular flexibility index (Phi) is 4.76. The van der Waals surface area contributed by atoms with Crippen molar-refractivity contribution in [3.8, 4) is 0 Å². The molecule has 1 saturated carbocycles. The normalized spacial score (nSPS) is 23.9. The first kappa shape index (κ1) is 19.5. The Morgan fingerprint density at radius 1 is 1.17 bits per heavy atom. The van der Waals surface area contributed by atoms with Gasteiger partial charge in [-0.25, -0.2) is 9.97 Å². The Morgan fingerprint density at radius 3 is 2.83 bits per heavy atom. The summed E-state index contributed by atoms with van der Waals surface area (Å²) >= 11 is 0. The molecule has 1 fully saturated rings. The van der Waals surface area contributed by atoms with E-state index in [2.05, 4.69) is 44.1 Å². The van der Waals surface area contributed by atoms with E-state index < -0.39 is 10.3 Å². The van der Waals surface area contributed by atoms with Gasteiger partial charge in [-0.15, -0.1) is 0 Å². The maximum atomic E-state index is 11.5. The highest BCUT2D eigenvalue weighted by Gasteiger charge is 2.34. The maximum Gasteiger partial charge on any atom is 0.335 e. The molecule has 1 aromatic carbocycles. The molecule has 3 atom stereocenters. The van der Waals surface area contributed by atoms with E-state index >= 15 is 0 Å². The number of rotatable bonds is 5. The molecule has 5 rings (SSSR count). The van der Waals surface area contributed by atoms with E-state index in [4.69, 9.17) is 0 Å². The van der Waals surface area contributed by atoms with Gasteiger partial charge >= 0.3 is 10.3 Å². The fourth-order valence-electron chi connectivity index (χ4n) is 4.96. The van der Waals surface area contributed by atoms with Gasteiger partial charge < -0.3 is 9.88 Å². The van der Waals surface area contributed by atoms with E-state index in [0.717, 1.165) is 40.4 Å². The van der Waals surface area contributed by atoms with Crippen LogP contribution in [0.1, 0.15) is 48.9 Å². The van der Waals surface area contributed by atoms with Gasteiger partial charge in [-0.05, 0) is 49.3 Å². The Labute approximate surface area is 175 Å². The predicted molar refractivity (Wildman–Crippen MR) is 115 cm³/mol. The molecule has 8 nitrogen and oxygen atoms in total. The Morgan fingerprint density at radius 2 is 2.00 bits per heavy atom. The van der Waals surface area contributed by atoms with Crippen molar-refractivity contribution in [2.24, 2.45) is 0 Å². The van der Waals surface area contributed by atoms with Gasteiger partial charge in [-0.3, -0.25) is 4.55 Å². The number of fused-ring (bicyclic) bond motifs is 2. The van der Waals surface area contributed by atoms with Crippen molar-refractivity contribution >= 4 is 27.2 Å². The smallest absolute Gasteiger partial charge is 0.335 e. The van der Waals surface area contributed by atoms with Crippen LogP contribution in [0.4, 0.5) is 5.82 Å². The number of anilines is 1. The molecule has 0 aliphatic heterocycles. The van der Waals surface area contributed by atoms with Crippen LogP contribution in [0.5, 0.6) is 0 Å². The molecule has 0 saturated heterocycles. The first-order valence-electron chi connectivity index (χ1n) is 10.3. The largest absolute Gasteiger partial charge is 0.363 e. The van der Waals surface area contributed by atoms with Gasteiger partial charge in [0.05, 0.1) is 11.4 Å². The third kappa shape index (κ3) is 3.36. The fourth-order valence-corrected chi connectivity index (χ4v) is 5.53. The van der Waals surface area contributed by atoms with Crippen LogP contribution in [-0.4, -0.2) is 44.9 Å². The third-order valence-corrected chi connectivity index (χ3v) is 7.63. The average Bonchev–Trinajstić information content (AvgIpc) is 3.45. The van der Waals surface area contributed by atoms with Gasteiger partial charge in [-0.2, -0.15) is 12.7 Å². The summed E-state index contributed by atoms with van der Waals surface area (Å²) in [5.41, 5.74) is 3.56. The fraction of sp³-hybridized carbons (Fsp3) is 0.429. The molecule has 0 unspecified atom stereocenters. The molecule has 0 amide bonds. The summed E-state index contributed by atoms with van der Waals surface area (Å²) in [5.74, 6) is 0.824. The van der Waals surface area contributed by atoms with E-state index in [1.807, 2.05) is 12.3 Å². The highest BCUT2D eigenvalue weighted by molar-refractivity contribution is 7.83. The number of aromatic nitrogens is 3. The van der Waals surface area contributed by atoms with Gasteiger partial charge in [0.25, 0.3) is 0 Å². The molecule has 30 heavy (non-hydrogen) atoms. The van der Waals surface area contributed by atoms with Crippen molar-refractivity contribution in [1.82, 2.24) is 18.8 Å². The average molecular weight is 428 g/mol. The van der Waals surface area contributed by atoms with Crippen LogP contribution in [0.2, 0.25) is 0 Å². The van der Waals surface area contributed by atoms with Gasteiger partial charge in [0.15, 0.2) is 0 Å². The molecule has 2 aliphatic carbocycles. The summed E-state index contributed by atoms with van der Waals surface area (Å²) in [6.07, 6.45) is 7.87. The maximum absolute atomic E-state index is 11.5. The predicted octanol–water partition coefficient (Wildman–Crippen LogP) is 3.36. The lowest BCUT2D eigenvalue weighted by atomic mass is 10.1. The second kappa shape index (κ2) is 7.33. The van der Waals surface area contributed by atoms with Crippen molar-refractivity contribution in [3.05, 3.63) is 54.0 Å². The van der Waals surface area contributed by atoms with Crippen LogP contribution in [0.3, 0.4) is 0 Å². The minimum absolute atomic E-state index is 0.131. The minimum atomic E-state index is -4.18. The van der Waals surface area contributed by atoms with Crippen molar-refractivity contribution < 1.29 is 13.0 Å². The van der Waals surface area contributed by atoms with Crippen molar-refractivity contribution in [2.75, 3.05) is 12.4 Å². The minimum Gasteiger partial charge on any atom is -0.363 e. The van der Waals surface area contributed by atoms with E-state index in [0.29, 0.717) is 12.8 Å². The van der Waals surface area contributed by atoms with Crippen LogP contribution < -0.4 is 5.32 Å². The molecular formula is C21H25N5O3S. The summed E-state index contributed by atoms with van der Waals surface area (Å²) < 4.78 is 35.5. The molecule has 2 aliphatic rings. The lowest BCUT2D eigenvalue weighted by Crippen LogP contribution is -2.34. The van der Waals surface area contributed by atoms with Crippen LogP contribution in [0, 0.1) is 0 Å². The number of nitrogens with zero attached hydrogens (tertiary/aromatic N) is 4. The second-order valence-electron chi connectivity index (χ2n) is 8.23. The molecule has 2 heterocycles. The van der Waals surface area contributed by atoms with Crippen LogP contribution >= 0.6 is 0 Å². The SMILES string of the molecule is CN([C@H]1CC[C@H](n2ccc3c(N[C@H]4CCc5ccccc54)ncnc32)C1)S(=O)(=O)O. The molecular weight excluding hydrogens is 402 g/mol. The number of nitrogens with one attached hydrogen (secondary N) is 1. The zero-order chi connectivity index (χ0) is 20.9.